The van der Waals surface area contributed by atoms with Gasteiger partial charge in [-0.15, -0.1) is 11.8 Å². The largest absolute Gasteiger partial charge is 0.468 e. The van der Waals surface area contributed by atoms with Crippen molar-refractivity contribution >= 4 is 17.6 Å². The van der Waals surface area contributed by atoms with Crippen LogP contribution in [-0.2, 0) is 11.5 Å². The van der Waals surface area contributed by atoms with Gasteiger partial charge in [0, 0.05) is 17.5 Å². The fraction of sp³-hybridized carbons (Fsp3) is 0.182. The van der Waals surface area contributed by atoms with Crippen LogP contribution in [0.5, 0.6) is 0 Å². The van der Waals surface area contributed by atoms with E-state index in [1.165, 1.54) is 0 Å². The predicted octanol–water partition coefficient (Wildman–Crippen LogP) is 2.39. The number of furan rings is 1. The van der Waals surface area contributed by atoms with Gasteiger partial charge in [0.2, 0.25) is 0 Å². The topological polar surface area (TPSA) is 64.1 Å². The van der Waals surface area contributed by atoms with Gasteiger partial charge in [-0.25, -0.2) is 10.8 Å². The Morgan fingerprint density at radius 1 is 1.31 bits per heavy atom. The van der Waals surface area contributed by atoms with Crippen LogP contribution in [0.3, 0.4) is 0 Å². The fourth-order valence-electron chi connectivity index (χ4n) is 1.34. The lowest BCUT2D eigenvalue weighted by atomic mass is 10.3. The number of nitrogen functional groups attached to an aromatic ring is 1. The summed E-state index contributed by atoms with van der Waals surface area (Å²) >= 11 is 1.76. The third kappa shape index (κ3) is 2.77. The van der Waals surface area contributed by atoms with E-state index in [0.717, 1.165) is 28.6 Å². The van der Waals surface area contributed by atoms with E-state index in [9.17, 15) is 0 Å². The second-order valence-corrected chi connectivity index (χ2v) is 4.21. The summed E-state index contributed by atoms with van der Waals surface area (Å²) in [6, 6.07) is 7.78. The van der Waals surface area contributed by atoms with Crippen molar-refractivity contribution in [3.63, 3.8) is 0 Å². The lowest BCUT2D eigenvalue weighted by Crippen LogP contribution is -2.10. The molecule has 2 aromatic rings. The molecule has 2 rings (SSSR count). The molecule has 0 bridgehead atoms. The van der Waals surface area contributed by atoms with Gasteiger partial charge in [-0.2, -0.15) is 0 Å². The van der Waals surface area contributed by atoms with Crippen molar-refractivity contribution in [3.05, 3.63) is 48.0 Å². The predicted molar refractivity (Wildman–Crippen MR) is 65.8 cm³/mol. The zero-order chi connectivity index (χ0) is 11.2. The number of anilines is 1. The van der Waals surface area contributed by atoms with Crippen molar-refractivity contribution < 1.29 is 4.42 Å². The average Bonchev–Trinajstić information content (AvgIpc) is 2.83. The molecule has 0 aliphatic carbocycles. The number of pyridine rings is 1. The van der Waals surface area contributed by atoms with E-state index in [0.29, 0.717) is 0 Å². The van der Waals surface area contributed by atoms with E-state index in [1.807, 2.05) is 24.3 Å². The first-order valence-electron chi connectivity index (χ1n) is 4.91. The van der Waals surface area contributed by atoms with Gasteiger partial charge in [0.15, 0.2) is 0 Å². The van der Waals surface area contributed by atoms with Crippen molar-refractivity contribution in [2.75, 3.05) is 5.43 Å². The monoisotopic (exact) mass is 235 g/mol. The molecule has 0 fully saturated rings. The third-order valence-electron chi connectivity index (χ3n) is 2.11. The normalized spacial score (nSPS) is 10.3. The summed E-state index contributed by atoms with van der Waals surface area (Å²) in [5, 5.41) is 0. The summed E-state index contributed by atoms with van der Waals surface area (Å²) in [7, 11) is 0. The number of nitrogens with zero attached hydrogens (tertiary/aromatic N) is 1. The van der Waals surface area contributed by atoms with Crippen LogP contribution in [0.4, 0.5) is 5.82 Å². The van der Waals surface area contributed by atoms with Crippen LogP contribution in [0.2, 0.25) is 0 Å². The number of hydrogen-bond donors (Lipinski definition) is 2. The molecule has 0 saturated carbocycles. The van der Waals surface area contributed by atoms with Crippen LogP contribution in [0.1, 0.15) is 11.3 Å². The van der Waals surface area contributed by atoms with Gasteiger partial charge in [-0.05, 0) is 18.2 Å². The molecule has 0 aliphatic heterocycles. The summed E-state index contributed by atoms with van der Waals surface area (Å²) < 4.78 is 5.25. The minimum atomic E-state index is 0.731. The van der Waals surface area contributed by atoms with Crippen LogP contribution >= 0.6 is 11.8 Å². The molecule has 0 aromatic carbocycles. The second-order valence-electron chi connectivity index (χ2n) is 3.23. The van der Waals surface area contributed by atoms with Crippen LogP contribution in [0, 0.1) is 0 Å². The smallest absolute Gasteiger partial charge is 0.143 e. The van der Waals surface area contributed by atoms with E-state index in [-0.39, 0.29) is 0 Å². The van der Waals surface area contributed by atoms with Crippen molar-refractivity contribution in [2.24, 2.45) is 5.84 Å². The Morgan fingerprint density at radius 2 is 2.25 bits per heavy atom. The molecule has 0 atom stereocenters. The lowest BCUT2D eigenvalue weighted by Gasteiger charge is -2.06. The highest BCUT2D eigenvalue weighted by molar-refractivity contribution is 7.97. The Hall–Kier alpha value is -1.46. The van der Waals surface area contributed by atoms with E-state index >= 15 is 0 Å². The Balaban J connectivity index is 1.89. The molecule has 3 N–H and O–H groups in total. The molecular weight excluding hydrogens is 222 g/mol. The summed E-state index contributed by atoms with van der Waals surface area (Å²) in [4.78, 5) is 4.14. The van der Waals surface area contributed by atoms with Crippen LogP contribution in [-0.4, -0.2) is 4.98 Å². The molecule has 2 aromatic heterocycles. The molecule has 0 saturated heterocycles. The summed E-state index contributed by atoms with van der Waals surface area (Å²) in [5.41, 5.74) is 3.69. The van der Waals surface area contributed by atoms with E-state index in [2.05, 4.69) is 10.4 Å². The van der Waals surface area contributed by atoms with E-state index in [1.54, 1.807) is 24.2 Å². The molecule has 84 valence electrons. The highest BCUT2D eigenvalue weighted by Crippen LogP contribution is 2.21. The molecule has 0 amide bonds. The molecule has 4 nitrogen and oxygen atoms in total. The molecule has 0 aliphatic rings. The van der Waals surface area contributed by atoms with Crippen molar-refractivity contribution in [2.45, 2.75) is 11.5 Å². The zero-order valence-corrected chi connectivity index (χ0v) is 9.54. The number of nitrogens with one attached hydrogen (secondary N) is 1. The average molecular weight is 235 g/mol. The number of hydrazine groups is 1. The van der Waals surface area contributed by atoms with Crippen LogP contribution < -0.4 is 11.3 Å². The van der Waals surface area contributed by atoms with Gasteiger partial charge in [-0.3, -0.25) is 0 Å². The number of thioether (sulfide) groups is 1. The first-order chi connectivity index (χ1) is 7.90. The summed E-state index contributed by atoms with van der Waals surface area (Å²) in [6.07, 6.45) is 3.41. The SMILES string of the molecule is NNc1ncccc1CSCc1ccco1. The van der Waals surface area contributed by atoms with E-state index in [4.69, 9.17) is 10.3 Å². The maximum absolute atomic E-state index is 5.38. The van der Waals surface area contributed by atoms with Crippen molar-refractivity contribution in [1.29, 1.82) is 0 Å². The van der Waals surface area contributed by atoms with Gasteiger partial charge in [0.1, 0.15) is 11.6 Å². The Labute approximate surface area is 98.2 Å². The molecule has 5 heteroatoms. The quantitative estimate of drug-likeness (QED) is 0.615. The first-order valence-corrected chi connectivity index (χ1v) is 6.06. The number of nitrogens with two attached hydrogens (primary N) is 1. The molecule has 16 heavy (non-hydrogen) atoms. The number of aromatic nitrogens is 1. The third-order valence-corrected chi connectivity index (χ3v) is 3.11. The van der Waals surface area contributed by atoms with Gasteiger partial charge >= 0.3 is 0 Å². The van der Waals surface area contributed by atoms with Gasteiger partial charge in [0.25, 0.3) is 0 Å². The molecule has 2 heterocycles. The minimum Gasteiger partial charge on any atom is -0.468 e. The van der Waals surface area contributed by atoms with Crippen LogP contribution in [0.25, 0.3) is 0 Å². The number of rotatable bonds is 5. The standard InChI is InChI=1S/C11H13N3OS/c12-14-11-9(3-1-5-13-11)7-16-8-10-4-2-6-15-10/h1-6H,7-8,12H2,(H,13,14). The minimum absolute atomic E-state index is 0.731. The second kappa shape index (κ2) is 5.58. The summed E-state index contributed by atoms with van der Waals surface area (Å²) in [6.45, 7) is 0. The first kappa shape index (κ1) is 11.0. The van der Waals surface area contributed by atoms with Crippen molar-refractivity contribution in [3.8, 4) is 0 Å². The highest BCUT2D eigenvalue weighted by atomic mass is 32.2. The van der Waals surface area contributed by atoms with Gasteiger partial charge < -0.3 is 9.84 Å². The van der Waals surface area contributed by atoms with Gasteiger partial charge in [0.05, 0.1) is 12.0 Å². The molecular formula is C11H13N3OS. The number of hydrogen-bond acceptors (Lipinski definition) is 5. The zero-order valence-electron chi connectivity index (χ0n) is 8.72. The van der Waals surface area contributed by atoms with Gasteiger partial charge in [-0.1, -0.05) is 6.07 Å². The maximum atomic E-state index is 5.38. The Kier molecular flexibility index (Phi) is 3.85. The van der Waals surface area contributed by atoms with Crippen molar-refractivity contribution in [1.82, 2.24) is 4.98 Å². The lowest BCUT2D eigenvalue weighted by molar-refractivity contribution is 0.530. The van der Waals surface area contributed by atoms with Crippen LogP contribution in [0.15, 0.2) is 41.1 Å². The maximum Gasteiger partial charge on any atom is 0.143 e. The highest BCUT2D eigenvalue weighted by Gasteiger charge is 2.02. The Morgan fingerprint density at radius 3 is 3.00 bits per heavy atom. The molecule has 0 radical (unpaired) electrons. The van der Waals surface area contributed by atoms with E-state index < -0.39 is 0 Å². The Bertz CT molecular complexity index is 431. The summed E-state index contributed by atoms with van der Waals surface area (Å²) in [5.74, 6) is 8.80. The fourth-order valence-corrected chi connectivity index (χ4v) is 2.26. The molecule has 0 unspecified atom stereocenters. The molecule has 0 spiro atoms.